The summed E-state index contributed by atoms with van der Waals surface area (Å²) in [4.78, 5) is 65.6. The lowest BCUT2D eigenvalue weighted by Crippen LogP contribution is -2.77. The topological polar surface area (TPSA) is 159 Å². The first-order valence-corrected chi connectivity index (χ1v) is 10.0. The van der Waals surface area contributed by atoms with Crippen molar-refractivity contribution < 1.29 is 28.7 Å². The second-order valence-corrected chi connectivity index (χ2v) is 7.43. The van der Waals surface area contributed by atoms with E-state index in [0.717, 1.165) is 10.5 Å². The van der Waals surface area contributed by atoms with Crippen LogP contribution in [0, 0.1) is 0 Å². The van der Waals surface area contributed by atoms with E-state index in [1.807, 2.05) is 0 Å². The van der Waals surface area contributed by atoms with Gasteiger partial charge in [-0.05, 0) is 23.8 Å². The quantitative estimate of drug-likeness (QED) is 0.482. The lowest BCUT2D eigenvalue weighted by molar-refractivity contribution is -0.138. The van der Waals surface area contributed by atoms with Gasteiger partial charge in [-0.1, -0.05) is 12.1 Å². The molecule has 1 spiro atoms. The number of nitrogens with one attached hydrogen (secondary N) is 4. The van der Waals surface area contributed by atoms with Crippen LogP contribution in [0.3, 0.4) is 0 Å². The fourth-order valence-corrected chi connectivity index (χ4v) is 3.62. The molecule has 0 atom stereocenters. The van der Waals surface area contributed by atoms with Crippen molar-refractivity contribution >= 4 is 35.5 Å². The van der Waals surface area contributed by atoms with Gasteiger partial charge in [0.2, 0.25) is 17.3 Å². The molecule has 0 radical (unpaired) electrons. The number of imide groups is 2. The molecule has 2 saturated heterocycles. The van der Waals surface area contributed by atoms with Gasteiger partial charge in [0.1, 0.15) is 5.75 Å². The SMILES string of the molecule is CC(=O)NCc1ccc(Oc2ccc(N3C(=O)NCCC34C(=O)NC(=O)NC4=O)cn2)cc1. The number of hydrogen-bond donors (Lipinski definition) is 4. The molecule has 0 bridgehead atoms. The summed E-state index contributed by atoms with van der Waals surface area (Å²) < 4.78 is 5.70. The molecule has 2 fully saturated rings. The number of carbonyl (C=O) groups excluding carboxylic acids is 5. The fourth-order valence-electron chi connectivity index (χ4n) is 3.62. The molecule has 170 valence electrons. The summed E-state index contributed by atoms with van der Waals surface area (Å²) in [6.07, 6.45) is 1.26. The van der Waals surface area contributed by atoms with Gasteiger partial charge in [-0.2, -0.15) is 0 Å². The van der Waals surface area contributed by atoms with Crippen LogP contribution in [-0.2, 0) is 20.9 Å². The number of ether oxygens (including phenoxy) is 1. The molecule has 12 heteroatoms. The van der Waals surface area contributed by atoms with E-state index in [-0.39, 0.29) is 30.4 Å². The third-order valence-corrected chi connectivity index (χ3v) is 5.22. The van der Waals surface area contributed by atoms with Gasteiger partial charge in [0.05, 0.1) is 11.9 Å². The maximum Gasteiger partial charge on any atom is 0.328 e. The summed E-state index contributed by atoms with van der Waals surface area (Å²) in [7, 11) is 0. The number of rotatable bonds is 5. The predicted octanol–water partition coefficient (Wildman–Crippen LogP) is 0.535. The number of nitrogens with zero attached hydrogens (tertiary/aromatic N) is 2. The first-order valence-electron chi connectivity index (χ1n) is 10.0. The van der Waals surface area contributed by atoms with Crippen LogP contribution in [0.4, 0.5) is 15.3 Å². The zero-order chi connectivity index (χ0) is 23.6. The van der Waals surface area contributed by atoms with Crippen molar-refractivity contribution in [2.75, 3.05) is 11.4 Å². The van der Waals surface area contributed by atoms with E-state index in [1.165, 1.54) is 25.3 Å². The Bertz CT molecular complexity index is 1110. The number of pyridine rings is 1. The number of urea groups is 2. The van der Waals surface area contributed by atoms with Gasteiger partial charge in [-0.25, -0.2) is 14.6 Å². The van der Waals surface area contributed by atoms with Crippen LogP contribution < -0.4 is 30.9 Å². The molecule has 1 aromatic carbocycles. The van der Waals surface area contributed by atoms with Crippen LogP contribution in [0.25, 0.3) is 0 Å². The van der Waals surface area contributed by atoms with Crippen LogP contribution in [0.2, 0.25) is 0 Å². The number of carbonyl (C=O) groups is 5. The molecule has 0 saturated carbocycles. The molecule has 7 amide bonds. The number of barbiturate groups is 1. The molecule has 0 unspecified atom stereocenters. The van der Waals surface area contributed by atoms with Crippen molar-refractivity contribution in [3.05, 3.63) is 48.2 Å². The number of aromatic nitrogens is 1. The Balaban J connectivity index is 1.53. The Labute approximate surface area is 187 Å². The Morgan fingerprint density at radius 3 is 2.39 bits per heavy atom. The highest BCUT2D eigenvalue weighted by molar-refractivity contribution is 6.27. The van der Waals surface area contributed by atoms with E-state index in [0.29, 0.717) is 12.3 Å². The average Bonchev–Trinajstić information content (AvgIpc) is 2.78. The van der Waals surface area contributed by atoms with E-state index in [9.17, 15) is 24.0 Å². The molecule has 2 aliphatic heterocycles. The minimum Gasteiger partial charge on any atom is -0.439 e. The van der Waals surface area contributed by atoms with Crippen LogP contribution in [0.1, 0.15) is 18.9 Å². The molecule has 2 aliphatic rings. The summed E-state index contributed by atoms with van der Waals surface area (Å²) >= 11 is 0. The minimum absolute atomic E-state index is 0.0349. The molecule has 3 heterocycles. The van der Waals surface area contributed by atoms with Crippen LogP contribution in [0.5, 0.6) is 11.6 Å². The van der Waals surface area contributed by atoms with Gasteiger partial charge >= 0.3 is 12.1 Å². The first-order chi connectivity index (χ1) is 15.8. The number of hydrogen-bond acceptors (Lipinski definition) is 7. The van der Waals surface area contributed by atoms with Gasteiger partial charge < -0.3 is 15.4 Å². The van der Waals surface area contributed by atoms with E-state index in [1.54, 1.807) is 24.3 Å². The van der Waals surface area contributed by atoms with Crippen molar-refractivity contribution in [1.82, 2.24) is 26.3 Å². The number of benzene rings is 1. The van der Waals surface area contributed by atoms with Crippen LogP contribution in [0.15, 0.2) is 42.6 Å². The maximum atomic E-state index is 12.7. The van der Waals surface area contributed by atoms with Gasteiger partial charge in [0.15, 0.2) is 0 Å². The molecular formula is C21H20N6O6. The molecule has 33 heavy (non-hydrogen) atoms. The molecule has 1 aromatic heterocycles. The van der Waals surface area contributed by atoms with E-state index < -0.39 is 29.4 Å². The number of amides is 7. The van der Waals surface area contributed by atoms with E-state index >= 15 is 0 Å². The van der Waals surface area contributed by atoms with Crippen molar-refractivity contribution in [2.24, 2.45) is 0 Å². The van der Waals surface area contributed by atoms with Gasteiger partial charge in [-0.3, -0.25) is 29.9 Å². The maximum absolute atomic E-state index is 12.7. The lowest BCUT2D eigenvalue weighted by atomic mass is 9.87. The largest absolute Gasteiger partial charge is 0.439 e. The first kappa shape index (κ1) is 21.7. The minimum atomic E-state index is -1.91. The second-order valence-electron chi connectivity index (χ2n) is 7.43. The predicted molar refractivity (Wildman–Crippen MR) is 113 cm³/mol. The molecular weight excluding hydrogens is 432 g/mol. The summed E-state index contributed by atoms with van der Waals surface area (Å²) in [5.41, 5.74) is -0.848. The fraction of sp³-hybridized carbons (Fsp3) is 0.238. The zero-order valence-electron chi connectivity index (χ0n) is 17.5. The summed E-state index contributed by atoms with van der Waals surface area (Å²) in [6, 6.07) is 8.38. The molecule has 0 aliphatic carbocycles. The molecule has 4 rings (SSSR count). The standard InChI is InChI=1S/C21H20N6O6/c1-12(28)23-10-13-2-5-15(6-3-13)33-16-7-4-14(11-24-16)27-20(32)22-9-8-21(27)17(29)25-19(31)26-18(21)30/h2-7,11H,8-10H2,1H3,(H,22,32)(H,23,28)(H2,25,26,29,30,31). The Morgan fingerprint density at radius 2 is 1.79 bits per heavy atom. The Kier molecular flexibility index (Phi) is 5.65. The highest BCUT2D eigenvalue weighted by Gasteiger charge is 2.58. The summed E-state index contributed by atoms with van der Waals surface area (Å²) in [5, 5.41) is 9.40. The second kappa shape index (κ2) is 8.57. The van der Waals surface area contributed by atoms with Gasteiger partial charge in [-0.15, -0.1) is 0 Å². The zero-order valence-corrected chi connectivity index (χ0v) is 17.5. The Hall–Kier alpha value is -4.48. The van der Waals surface area contributed by atoms with Crippen LogP contribution >= 0.6 is 0 Å². The van der Waals surface area contributed by atoms with Crippen molar-refractivity contribution in [2.45, 2.75) is 25.4 Å². The number of anilines is 1. The van der Waals surface area contributed by atoms with Gasteiger partial charge in [0.25, 0.3) is 11.8 Å². The molecule has 4 N–H and O–H groups in total. The monoisotopic (exact) mass is 452 g/mol. The summed E-state index contributed by atoms with van der Waals surface area (Å²) in [6.45, 7) is 1.92. The van der Waals surface area contributed by atoms with Crippen LogP contribution in [-0.4, -0.2) is 46.9 Å². The third-order valence-electron chi connectivity index (χ3n) is 5.22. The van der Waals surface area contributed by atoms with Gasteiger partial charge in [0, 0.05) is 32.5 Å². The van der Waals surface area contributed by atoms with Crippen molar-refractivity contribution in [3.8, 4) is 11.6 Å². The van der Waals surface area contributed by atoms with Crippen molar-refractivity contribution in [3.63, 3.8) is 0 Å². The highest BCUT2D eigenvalue weighted by Crippen LogP contribution is 2.32. The van der Waals surface area contributed by atoms with Crippen molar-refractivity contribution in [1.29, 1.82) is 0 Å². The Morgan fingerprint density at radius 1 is 1.09 bits per heavy atom. The van der Waals surface area contributed by atoms with E-state index in [4.69, 9.17) is 4.74 Å². The smallest absolute Gasteiger partial charge is 0.328 e. The lowest BCUT2D eigenvalue weighted by Gasteiger charge is -2.45. The summed E-state index contributed by atoms with van der Waals surface area (Å²) in [5.74, 6) is -1.18. The average molecular weight is 452 g/mol. The van der Waals surface area contributed by atoms with E-state index in [2.05, 4.69) is 26.3 Å². The third kappa shape index (κ3) is 4.18. The normalized spacial score (nSPS) is 17.2. The molecule has 12 nitrogen and oxygen atoms in total. The highest BCUT2D eigenvalue weighted by atomic mass is 16.5. The molecule has 2 aromatic rings.